The fraction of sp³-hybridized carbons (Fsp3) is 0.297. The van der Waals surface area contributed by atoms with Crippen LogP contribution in [0.15, 0.2) is 114 Å². The molecule has 0 aliphatic heterocycles. The Labute approximate surface area is 273 Å². The van der Waals surface area contributed by atoms with Crippen molar-refractivity contribution >= 4 is 27.5 Å². The topological polar surface area (TPSA) is 96.0 Å². The summed E-state index contributed by atoms with van der Waals surface area (Å²) in [6.07, 6.45) is 1.63. The van der Waals surface area contributed by atoms with Gasteiger partial charge in [-0.1, -0.05) is 80.1 Å². The number of benzene rings is 4. The molecule has 46 heavy (non-hydrogen) atoms. The lowest BCUT2D eigenvalue weighted by atomic mass is 10.1. The van der Waals surface area contributed by atoms with Gasteiger partial charge in [-0.3, -0.25) is 13.9 Å². The first-order chi connectivity index (χ1) is 22.1. The molecule has 0 heterocycles. The summed E-state index contributed by atoms with van der Waals surface area (Å²) in [5, 5.41) is 3.01. The minimum Gasteiger partial charge on any atom is -0.457 e. The molecule has 2 amide bonds. The summed E-state index contributed by atoms with van der Waals surface area (Å²) in [4.78, 5) is 29.3. The van der Waals surface area contributed by atoms with Crippen LogP contribution in [-0.4, -0.2) is 50.3 Å². The quantitative estimate of drug-likeness (QED) is 0.155. The Morgan fingerprint density at radius 3 is 1.96 bits per heavy atom. The smallest absolute Gasteiger partial charge is 0.264 e. The molecule has 0 aliphatic rings. The van der Waals surface area contributed by atoms with Crippen molar-refractivity contribution in [1.82, 2.24) is 10.2 Å². The number of anilines is 1. The third-order valence-corrected chi connectivity index (χ3v) is 9.65. The van der Waals surface area contributed by atoms with Crippen molar-refractivity contribution in [2.75, 3.05) is 17.4 Å². The van der Waals surface area contributed by atoms with Crippen molar-refractivity contribution in [2.45, 2.75) is 63.9 Å². The van der Waals surface area contributed by atoms with E-state index in [9.17, 15) is 18.0 Å². The largest absolute Gasteiger partial charge is 0.457 e. The predicted molar refractivity (Wildman–Crippen MR) is 183 cm³/mol. The molecular formula is C37H43N3O5S. The van der Waals surface area contributed by atoms with Gasteiger partial charge in [-0.15, -0.1) is 0 Å². The summed E-state index contributed by atoms with van der Waals surface area (Å²) < 4.78 is 35.3. The first-order valence-corrected chi connectivity index (χ1v) is 17.1. The van der Waals surface area contributed by atoms with Gasteiger partial charge in [-0.25, -0.2) is 8.42 Å². The molecular weight excluding hydrogens is 598 g/mol. The zero-order valence-corrected chi connectivity index (χ0v) is 27.7. The highest BCUT2D eigenvalue weighted by atomic mass is 32.2. The van der Waals surface area contributed by atoms with E-state index < -0.39 is 28.5 Å². The molecule has 4 aromatic rings. The Morgan fingerprint density at radius 1 is 0.783 bits per heavy atom. The lowest BCUT2D eigenvalue weighted by Crippen LogP contribution is -2.54. The SMILES string of the molecule is CC[C@@H](C)NC(=O)[C@@H](CC)N(CCc1ccccc1)C(=O)CN(c1ccc(Oc2ccccc2)cc1)S(=O)(=O)c1ccc(C)cc1. The summed E-state index contributed by atoms with van der Waals surface area (Å²) in [5.74, 6) is 0.437. The Kier molecular flexibility index (Phi) is 12.0. The van der Waals surface area contributed by atoms with Crippen molar-refractivity contribution in [2.24, 2.45) is 0 Å². The number of carbonyl (C=O) groups excluding carboxylic acids is 2. The van der Waals surface area contributed by atoms with Crippen LogP contribution >= 0.6 is 0 Å². The number of rotatable bonds is 15. The molecule has 0 unspecified atom stereocenters. The maximum atomic E-state index is 14.3. The fourth-order valence-corrected chi connectivity index (χ4v) is 6.42. The Balaban J connectivity index is 1.69. The van der Waals surface area contributed by atoms with Gasteiger partial charge in [0.15, 0.2) is 0 Å². The Hall–Kier alpha value is -4.63. The molecule has 242 valence electrons. The number of amides is 2. The molecule has 8 nitrogen and oxygen atoms in total. The zero-order chi connectivity index (χ0) is 33.1. The highest BCUT2D eigenvalue weighted by Gasteiger charge is 2.33. The summed E-state index contributed by atoms with van der Waals surface area (Å²) in [6, 6.07) is 31.3. The normalized spacial score (nSPS) is 12.5. The minimum atomic E-state index is -4.17. The first-order valence-electron chi connectivity index (χ1n) is 15.7. The number of hydrogen-bond acceptors (Lipinski definition) is 5. The first kappa shape index (κ1) is 34.2. The van der Waals surface area contributed by atoms with Gasteiger partial charge in [0, 0.05) is 12.6 Å². The van der Waals surface area contributed by atoms with Gasteiger partial charge < -0.3 is 15.0 Å². The molecule has 0 aromatic heterocycles. The van der Waals surface area contributed by atoms with Gasteiger partial charge in [0.1, 0.15) is 24.1 Å². The van der Waals surface area contributed by atoms with Crippen LogP contribution in [-0.2, 0) is 26.0 Å². The lowest BCUT2D eigenvalue weighted by Gasteiger charge is -2.33. The van der Waals surface area contributed by atoms with Crippen molar-refractivity contribution in [1.29, 1.82) is 0 Å². The van der Waals surface area contributed by atoms with E-state index in [0.717, 1.165) is 21.9 Å². The maximum absolute atomic E-state index is 14.3. The molecule has 4 rings (SSSR count). The second-order valence-corrected chi connectivity index (χ2v) is 13.2. The van der Waals surface area contributed by atoms with Gasteiger partial charge in [-0.05, 0) is 87.2 Å². The number of hydrogen-bond donors (Lipinski definition) is 1. The monoisotopic (exact) mass is 641 g/mol. The van der Waals surface area contributed by atoms with Gasteiger partial charge in [0.25, 0.3) is 10.0 Å². The molecule has 0 spiro atoms. The molecule has 1 N–H and O–H groups in total. The van der Waals surface area contributed by atoms with Crippen LogP contribution in [0.1, 0.15) is 44.7 Å². The Bertz CT molecular complexity index is 1660. The Morgan fingerprint density at radius 2 is 1.37 bits per heavy atom. The van der Waals surface area contributed by atoms with E-state index in [2.05, 4.69) is 5.32 Å². The summed E-state index contributed by atoms with van der Waals surface area (Å²) >= 11 is 0. The second kappa shape index (κ2) is 16.1. The minimum absolute atomic E-state index is 0.0629. The van der Waals surface area contributed by atoms with E-state index in [-0.39, 0.29) is 23.4 Å². The third-order valence-electron chi connectivity index (χ3n) is 7.86. The molecule has 2 atom stereocenters. The highest BCUT2D eigenvalue weighted by Crippen LogP contribution is 2.28. The number of para-hydroxylation sites is 1. The van der Waals surface area contributed by atoms with E-state index in [1.807, 2.05) is 88.4 Å². The van der Waals surface area contributed by atoms with Crippen molar-refractivity contribution < 1.29 is 22.7 Å². The number of nitrogens with one attached hydrogen (secondary N) is 1. The number of carbonyl (C=O) groups is 2. The molecule has 0 saturated carbocycles. The molecule has 0 fully saturated rings. The van der Waals surface area contributed by atoms with Crippen molar-refractivity contribution in [3.05, 3.63) is 120 Å². The molecule has 0 aliphatic carbocycles. The van der Waals surface area contributed by atoms with E-state index >= 15 is 0 Å². The van der Waals surface area contributed by atoms with E-state index in [0.29, 0.717) is 30.0 Å². The van der Waals surface area contributed by atoms with Crippen LogP contribution in [0.4, 0.5) is 5.69 Å². The highest BCUT2D eigenvalue weighted by molar-refractivity contribution is 7.92. The van der Waals surface area contributed by atoms with Crippen LogP contribution in [0.5, 0.6) is 11.5 Å². The number of sulfonamides is 1. The standard InChI is InChI=1S/C37H43N3O5S/c1-5-29(4)38-37(42)35(6-2)39(26-25-30-13-9-7-10-14-30)36(41)27-40(46(43,44)34-23-17-28(3)18-24-34)31-19-21-33(22-20-31)45-32-15-11-8-12-16-32/h7-24,29,35H,5-6,25-27H2,1-4H3,(H,38,42)/t29-,35-/m1/s1. The maximum Gasteiger partial charge on any atom is 0.264 e. The fourth-order valence-electron chi connectivity index (χ4n) is 5.01. The molecule has 4 aromatic carbocycles. The zero-order valence-electron chi connectivity index (χ0n) is 26.9. The van der Waals surface area contributed by atoms with E-state index in [1.165, 1.54) is 17.0 Å². The number of nitrogens with zero attached hydrogens (tertiary/aromatic N) is 2. The molecule has 0 radical (unpaired) electrons. The summed E-state index contributed by atoms with van der Waals surface area (Å²) in [7, 11) is -4.17. The van der Waals surface area contributed by atoms with Crippen LogP contribution in [0, 0.1) is 6.92 Å². The predicted octanol–water partition coefficient (Wildman–Crippen LogP) is 6.75. The van der Waals surface area contributed by atoms with E-state index in [4.69, 9.17) is 4.74 Å². The van der Waals surface area contributed by atoms with Crippen LogP contribution in [0.3, 0.4) is 0 Å². The van der Waals surface area contributed by atoms with Gasteiger partial charge in [0.05, 0.1) is 10.6 Å². The molecule has 0 saturated heterocycles. The summed E-state index contributed by atoms with van der Waals surface area (Å²) in [5.41, 5.74) is 2.22. The van der Waals surface area contributed by atoms with Crippen molar-refractivity contribution in [3.63, 3.8) is 0 Å². The van der Waals surface area contributed by atoms with Gasteiger partial charge in [-0.2, -0.15) is 0 Å². The number of aryl methyl sites for hydroxylation is 1. The van der Waals surface area contributed by atoms with Gasteiger partial charge >= 0.3 is 0 Å². The van der Waals surface area contributed by atoms with Crippen LogP contribution in [0.25, 0.3) is 0 Å². The van der Waals surface area contributed by atoms with E-state index in [1.54, 1.807) is 36.4 Å². The number of ether oxygens (including phenoxy) is 1. The second-order valence-electron chi connectivity index (χ2n) is 11.3. The van der Waals surface area contributed by atoms with Crippen LogP contribution in [0.2, 0.25) is 0 Å². The molecule has 9 heteroatoms. The summed E-state index contributed by atoms with van der Waals surface area (Å²) in [6.45, 7) is 7.39. The molecule has 0 bridgehead atoms. The van der Waals surface area contributed by atoms with Gasteiger partial charge in [0.2, 0.25) is 11.8 Å². The van der Waals surface area contributed by atoms with Crippen LogP contribution < -0.4 is 14.4 Å². The lowest BCUT2D eigenvalue weighted by molar-refractivity contribution is -0.139. The van der Waals surface area contributed by atoms with Crippen molar-refractivity contribution in [3.8, 4) is 11.5 Å². The average Bonchev–Trinajstić information content (AvgIpc) is 3.06. The third kappa shape index (κ3) is 8.97. The average molecular weight is 642 g/mol.